The molecule has 0 saturated carbocycles. The Hall–Kier alpha value is -2.40. The van der Waals surface area contributed by atoms with Gasteiger partial charge in [-0.3, -0.25) is 10.0 Å². The van der Waals surface area contributed by atoms with Crippen LogP contribution in [-0.2, 0) is 14.8 Å². The van der Waals surface area contributed by atoms with Gasteiger partial charge >= 0.3 is 11.6 Å². The Kier molecular flexibility index (Phi) is 6.03. The van der Waals surface area contributed by atoms with Gasteiger partial charge in [0.15, 0.2) is 0 Å². The maximum Gasteiger partial charge on any atom is 0.446 e. The summed E-state index contributed by atoms with van der Waals surface area (Å²) in [5.74, 6) is 0. The number of thioether (sulfide) groups is 1. The van der Waals surface area contributed by atoms with Gasteiger partial charge in [0.05, 0.1) is 12.0 Å². The van der Waals surface area contributed by atoms with Gasteiger partial charge in [-0.15, -0.1) is 0 Å². The molecule has 0 aromatic heterocycles. The van der Waals surface area contributed by atoms with Crippen LogP contribution in [0.4, 0.5) is 29.3 Å². The second-order valence-corrected chi connectivity index (χ2v) is 7.64. The molecule has 0 spiro atoms. The summed E-state index contributed by atoms with van der Waals surface area (Å²) in [6.07, 6.45) is -0.710. The molecule has 1 amide bonds. The first-order valence-corrected chi connectivity index (χ1v) is 9.23. The number of alkyl halides is 3. The topological polar surface area (TPSA) is 84.5 Å². The highest BCUT2D eigenvalue weighted by Gasteiger charge is 2.29. The number of hydrogen-bond donors (Lipinski definition) is 2. The molecule has 0 aliphatic heterocycles. The molecule has 2 aromatic rings. The Labute approximate surface area is 151 Å². The molecule has 0 radical (unpaired) electrons. The molecule has 0 saturated heterocycles. The van der Waals surface area contributed by atoms with Crippen LogP contribution < -0.4 is 10.0 Å². The Morgan fingerprint density at radius 1 is 1.08 bits per heavy atom. The highest BCUT2D eigenvalue weighted by atomic mass is 32.2. The van der Waals surface area contributed by atoms with Gasteiger partial charge in [0.25, 0.3) is 10.0 Å². The van der Waals surface area contributed by atoms with Crippen molar-refractivity contribution < 1.29 is 31.1 Å². The highest BCUT2D eigenvalue weighted by molar-refractivity contribution is 8.00. The van der Waals surface area contributed by atoms with E-state index >= 15 is 0 Å². The summed E-state index contributed by atoms with van der Waals surface area (Å²) in [5, 5.41) is 2.36. The lowest BCUT2D eigenvalue weighted by atomic mass is 10.3. The average Bonchev–Trinajstić information content (AvgIpc) is 2.53. The van der Waals surface area contributed by atoms with E-state index in [1.54, 1.807) is 0 Å². The van der Waals surface area contributed by atoms with Gasteiger partial charge in [-0.05, 0) is 54.2 Å². The lowest BCUT2D eigenvalue weighted by Crippen LogP contribution is -2.14. The van der Waals surface area contributed by atoms with E-state index in [4.69, 9.17) is 0 Å². The van der Waals surface area contributed by atoms with Gasteiger partial charge in [0.2, 0.25) is 0 Å². The maximum absolute atomic E-state index is 12.4. The minimum absolute atomic E-state index is 0.00369. The first-order chi connectivity index (χ1) is 12.1. The molecule has 140 valence electrons. The van der Waals surface area contributed by atoms with Gasteiger partial charge in [-0.25, -0.2) is 13.2 Å². The average molecular weight is 406 g/mol. The van der Waals surface area contributed by atoms with E-state index in [0.29, 0.717) is 5.69 Å². The van der Waals surface area contributed by atoms with Crippen molar-refractivity contribution in [1.29, 1.82) is 0 Å². The van der Waals surface area contributed by atoms with Crippen LogP contribution >= 0.6 is 11.8 Å². The fourth-order valence-electron chi connectivity index (χ4n) is 1.86. The second kappa shape index (κ2) is 7.87. The third-order valence-corrected chi connectivity index (χ3v) is 5.03. The summed E-state index contributed by atoms with van der Waals surface area (Å²) >= 11 is -0.340. The van der Waals surface area contributed by atoms with Crippen LogP contribution in [0.2, 0.25) is 0 Å². The molecule has 0 aliphatic rings. The quantitative estimate of drug-likeness (QED) is 0.724. The maximum atomic E-state index is 12.4. The van der Waals surface area contributed by atoms with E-state index in [9.17, 15) is 26.4 Å². The number of ether oxygens (including phenoxy) is 1. The van der Waals surface area contributed by atoms with Crippen molar-refractivity contribution in [3.63, 3.8) is 0 Å². The fourth-order valence-corrected chi connectivity index (χ4v) is 3.51. The number of sulfonamides is 1. The Bertz CT molecular complexity index is 885. The van der Waals surface area contributed by atoms with E-state index in [2.05, 4.69) is 14.8 Å². The second-order valence-electron chi connectivity index (χ2n) is 4.82. The zero-order valence-electron chi connectivity index (χ0n) is 13.2. The van der Waals surface area contributed by atoms with Gasteiger partial charge in [0.1, 0.15) is 0 Å². The van der Waals surface area contributed by atoms with Crippen molar-refractivity contribution in [1.82, 2.24) is 0 Å². The molecule has 11 heteroatoms. The molecule has 6 nitrogen and oxygen atoms in total. The lowest BCUT2D eigenvalue weighted by Gasteiger charge is -2.11. The number of carbonyl (C=O) groups excluding carboxylic acids is 1. The molecule has 0 bridgehead atoms. The Morgan fingerprint density at radius 2 is 1.73 bits per heavy atom. The minimum atomic E-state index is -4.47. The largest absolute Gasteiger partial charge is 0.453 e. The number of halogens is 3. The van der Waals surface area contributed by atoms with Crippen LogP contribution in [0, 0.1) is 0 Å². The SMILES string of the molecule is COC(=O)Nc1ccc(S(=O)(=O)Nc2cccc(SC(F)(F)F)c2)cc1. The molecular formula is C15H13F3N2O4S2. The summed E-state index contributed by atoms with van der Waals surface area (Å²) in [6, 6.07) is 10.1. The molecule has 0 atom stereocenters. The summed E-state index contributed by atoms with van der Waals surface area (Å²) in [5.41, 5.74) is -4.16. The normalized spacial score (nSPS) is 11.7. The van der Waals surface area contributed by atoms with Crippen LogP contribution in [0.15, 0.2) is 58.3 Å². The fraction of sp³-hybridized carbons (Fsp3) is 0.133. The van der Waals surface area contributed by atoms with Crippen LogP contribution in [-0.4, -0.2) is 27.1 Å². The van der Waals surface area contributed by atoms with Crippen molar-refractivity contribution in [2.75, 3.05) is 17.1 Å². The van der Waals surface area contributed by atoms with Crippen LogP contribution in [0.1, 0.15) is 0 Å². The number of methoxy groups -OCH3 is 1. The minimum Gasteiger partial charge on any atom is -0.453 e. The molecule has 26 heavy (non-hydrogen) atoms. The van der Waals surface area contributed by atoms with Gasteiger partial charge in [-0.1, -0.05) is 6.07 Å². The van der Waals surface area contributed by atoms with Crippen LogP contribution in [0.25, 0.3) is 0 Å². The summed E-state index contributed by atoms with van der Waals surface area (Å²) in [7, 11) is -2.83. The molecule has 0 aliphatic carbocycles. The van der Waals surface area contributed by atoms with Crippen LogP contribution in [0.3, 0.4) is 0 Å². The first kappa shape index (κ1) is 19.9. The van der Waals surface area contributed by atoms with E-state index in [1.807, 2.05) is 0 Å². The summed E-state index contributed by atoms with van der Waals surface area (Å²) in [4.78, 5) is 10.8. The molecule has 2 N–H and O–H groups in total. The number of rotatable bonds is 5. The highest BCUT2D eigenvalue weighted by Crippen LogP contribution is 2.37. The van der Waals surface area contributed by atoms with E-state index < -0.39 is 21.6 Å². The Balaban J connectivity index is 2.16. The smallest absolute Gasteiger partial charge is 0.446 e. The molecule has 0 fully saturated rings. The third-order valence-electron chi connectivity index (χ3n) is 2.92. The van der Waals surface area contributed by atoms with Crippen molar-refractivity contribution in [2.24, 2.45) is 0 Å². The predicted octanol–water partition coefficient (Wildman–Crippen LogP) is 4.28. The van der Waals surface area contributed by atoms with Crippen molar-refractivity contribution in [3.8, 4) is 0 Å². The zero-order chi connectivity index (χ0) is 19.4. The van der Waals surface area contributed by atoms with Gasteiger partial charge in [0, 0.05) is 16.3 Å². The number of amides is 1. The lowest BCUT2D eigenvalue weighted by molar-refractivity contribution is -0.0328. The van der Waals surface area contributed by atoms with Crippen molar-refractivity contribution >= 4 is 39.3 Å². The number of nitrogens with one attached hydrogen (secondary N) is 2. The Morgan fingerprint density at radius 3 is 2.31 bits per heavy atom. The van der Waals surface area contributed by atoms with Crippen molar-refractivity contribution in [2.45, 2.75) is 15.3 Å². The van der Waals surface area contributed by atoms with Crippen LogP contribution in [0.5, 0.6) is 0 Å². The van der Waals surface area contributed by atoms with E-state index in [1.165, 1.54) is 49.6 Å². The molecule has 2 aromatic carbocycles. The summed E-state index contributed by atoms with van der Waals surface area (Å²) < 4.78 is 68.5. The van der Waals surface area contributed by atoms with Gasteiger partial charge in [-0.2, -0.15) is 13.2 Å². The van der Waals surface area contributed by atoms with E-state index in [0.717, 1.165) is 6.07 Å². The van der Waals surface area contributed by atoms with E-state index in [-0.39, 0.29) is 27.2 Å². The number of carbonyl (C=O) groups is 1. The standard InChI is InChI=1S/C15H13F3N2O4S2/c1-24-14(21)19-10-5-7-13(8-6-10)26(22,23)20-11-3-2-4-12(9-11)25-15(16,17)18/h2-9,20H,1H3,(H,19,21). The zero-order valence-corrected chi connectivity index (χ0v) is 14.8. The third kappa shape index (κ3) is 5.85. The monoisotopic (exact) mass is 406 g/mol. The number of benzene rings is 2. The molecule has 2 rings (SSSR count). The molecule has 0 unspecified atom stereocenters. The number of hydrogen-bond acceptors (Lipinski definition) is 5. The first-order valence-electron chi connectivity index (χ1n) is 6.93. The number of anilines is 2. The summed E-state index contributed by atoms with van der Waals surface area (Å²) in [6.45, 7) is 0. The molecule has 0 heterocycles. The van der Waals surface area contributed by atoms with Gasteiger partial charge < -0.3 is 4.74 Å². The predicted molar refractivity (Wildman–Crippen MR) is 91.6 cm³/mol. The molecular weight excluding hydrogens is 393 g/mol. The van der Waals surface area contributed by atoms with Crippen molar-refractivity contribution in [3.05, 3.63) is 48.5 Å².